The second-order valence-electron chi connectivity index (χ2n) is 21.2. The highest BCUT2D eigenvalue weighted by atomic mass is 35.5. The third kappa shape index (κ3) is 17.5. The van der Waals surface area contributed by atoms with E-state index in [0.717, 1.165) is 88.2 Å². The molecule has 2 saturated carbocycles. The topological polar surface area (TPSA) is 308 Å². The van der Waals surface area contributed by atoms with Gasteiger partial charge in [-0.3, -0.25) is 14.7 Å². The van der Waals surface area contributed by atoms with E-state index in [-0.39, 0.29) is 32.0 Å². The highest BCUT2D eigenvalue weighted by Crippen LogP contribution is 2.50. The number of nitrogens with zero attached hydrogens (tertiary/aromatic N) is 8. The van der Waals surface area contributed by atoms with Crippen LogP contribution in [0.15, 0.2) is 79.1 Å². The minimum atomic E-state index is -0.524. The number of rotatable bonds is 12. The van der Waals surface area contributed by atoms with Crippen molar-refractivity contribution < 1.29 is 33.8 Å². The van der Waals surface area contributed by atoms with Crippen molar-refractivity contribution in [1.29, 1.82) is 0 Å². The maximum absolute atomic E-state index is 12.0. The van der Waals surface area contributed by atoms with Gasteiger partial charge in [0.1, 0.15) is 22.8 Å². The number of aromatic nitrogens is 10. The van der Waals surface area contributed by atoms with Crippen LogP contribution in [0, 0.1) is 20.8 Å². The molecule has 2 amide bonds. The van der Waals surface area contributed by atoms with Gasteiger partial charge in [0.15, 0.2) is 5.82 Å². The van der Waals surface area contributed by atoms with Crippen molar-refractivity contribution in [3.05, 3.63) is 157 Å². The fraction of sp³-hybridized carbons (Fsp3) is 0.421. The van der Waals surface area contributed by atoms with Crippen LogP contribution in [-0.2, 0) is 62.0 Å². The largest absolute Gasteiger partial charge is 0.470 e. The van der Waals surface area contributed by atoms with Gasteiger partial charge in [-0.15, -0.1) is 10.2 Å². The number of carbonyl (C=O) groups excluding carboxylic acids is 4. The van der Waals surface area contributed by atoms with E-state index in [1.807, 2.05) is 62.4 Å². The molecule has 0 unspecified atom stereocenters. The van der Waals surface area contributed by atoms with E-state index < -0.39 is 34.2 Å². The van der Waals surface area contributed by atoms with Gasteiger partial charge in [-0.2, -0.15) is 9.78 Å². The molecule has 9 rings (SSSR count). The summed E-state index contributed by atoms with van der Waals surface area (Å²) in [5.74, 6) is 0.861. The van der Waals surface area contributed by atoms with Crippen LogP contribution in [0.25, 0.3) is 0 Å². The number of aromatic amines is 2. The number of nitrogens with one attached hydrogen (secondary N) is 2. The standard InChI is InChI=1S/C21H22ClN5O.C16H15Cl2N3O.2C9H15N3O2.2CH4/c1-13-10-15(27-26-13)11-19-24-12-17(22)18(25-19)7-6-14-4-2-3-5-16(14)21(8-9-21)20(23)28;17-12-9-20-15(18)21-13(12)6-5-10-3-1-2-4-11(10)16(7-8-16)14(19)22;1-6-5-7(10)11-12(6)8(13)14-9(2,3)4;1-6-5-7(10)12(11-6)8(13)14-9(2,3)4;;/h2-5,10,12H,6-9,11H2,1H3,(H2,23,28)(H,26,27);1-4,9H,5-8H2,(H2,19,22);5H,1-4H3,(H2,10,11);5H,10H2,1-4H3;2*1H4/p+1. The van der Waals surface area contributed by atoms with Gasteiger partial charge in [0.05, 0.1) is 56.6 Å². The maximum Gasteiger partial charge on any atom is 0.470 e. The molecular formula is C57H76Cl3N14O6+. The van der Waals surface area contributed by atoms with Crippen molar-refractivity contribution in [2.24, 2.45) is 11.5 Å². The summed E-state index contributed by atoms with van der Waals surface area (Å²) in [6.45, 7) is 16.3. The van der Waals surface area contributed by atoms with Crippen molar-refractivity contribution in [3.8, 4) is 0 Å². The molecule has 5 heterocycles. The van der Waals surface area contributed by atoms with E-state index in [1.165, 1.54) is 10.9 Å². The number of aryl methyl sites for hydroxylation is 7. The highest BCUT2D eigenvalue weighted by molar-refractivity contribution is 6.32. The number of hydrogen-bond donors (Lipinski definition) is 5. The summed E-state index contributed by atoms with van der Waals surface area (Å²) < 4.78 is 12.6. The molecular weight excluding hydrogens is 1080 g/mol. The van der Waals surface area contributed by atoms with E-state index >= 15 is 0 Å². The molecule has 80 heavy (non-hydrogen) atoms. The molecule has 0 saturated heterocycles. The molecule has 0 bridgehead atoms. The maximum atomic E-state index is 12.0. The number of nitrogens with two attached hydrogens (primary N) is 4. The first kappa shape index (κ1) is 65.1. The summed E-state index contributed by atoms with van der Waals surface area (Å²) in [6.07, 6.45) is 8.74. The minimum Gasteiger partial charge on any atom is -0.442 e. The van der Waals surface area contributed by atoms with Gasteiger partial charge in [-0.25, -0.2) is 29.5 Å². The second-order valence-corrected chi connectivity index (χ2v) is 22.4. The van der Waals surface area contributed by atoms with E-state index in [1.54, 1.807) is 66.8 Å². The van der Waals surface area contributed by atoms with Crippen molar-refractivity contribution in [3.63, 3.8) is 0 Å². The van der Waals surface area contributed by atoms with Gasteiger partial charge in [0.25, 0.3) is 0 Å². The Kier molecular flexibility index (Phi) is 22.1. The zero-order chi connectivity index (χ0) is 57.3. The Morgan fingerprint density at radius 3 is 1.60 bits per heavy atom. The molecule has 20 nitrogen and oxygen atoms in total. The molecule has 0 radical (unpaired) electrons. The molecule has 2 aliphatic rings. The van der Waals surface area contributed by atoms with Gasteiger partial charge >= 0.3 is 12.2 Å². The van der Waals surface area contributed by atoms with E-state index in [2.05, 4.69) is 46.4 Å². The number of hydrogen-bond acceptors (Lipinski definition) is 14. The molecule has 0 aliphatic heterocycles. The van der Waals surface area contributed by atoms with Crippen LogP contribution in [0.4, 0.5) is 21.2 Å². The van der Waals surface area contributed by atoms with Crippen LogP contribution in [0.1, 0.15) is 144 Å². The molecule has 2 fully saturated rings. The lowest BCUT2D eigenvalue weighted by Crippen LogP contribution is -2.34. The summed E-state index contributed by atoms with van der Waals surface area (Å²) in [5, 5.41) is 15.0. The Hall–Kier alpha value is -7.42. The molecule has 0 spiro atoms. The Labute approximate surface area is 483 Å². The third-order valence-corrected chi connectivity index (χ3v) is 13.3. The molecule has 10 N–H and O–H groups in total. The molecule has 430 valence electrons. The first-order valence-corrected chi connectivity index (χ1v) is 26.3. The lowest BCUT2D eigenvalue weighted by molar-refractivity contribution is -0.480. The number of anilines is 2. The Morgan fingerprint density at radius 1 is 0.688 bits per heavy atom. The number of halogens is 3. The smallest absolute Gasteiger partial charge is 0.442 e. The van der Waals surface area contributed by atoms with Crippen LogP contribution in [0.3, 0.4) is 0 Å². The molecule has 5 aromatic heterocycles. The number of amides is 2. The normalized spacial score (nSPS) is 13.4. The van der Waals surface area contributed by atoms with E-state index in [4.69, 9.17) is 67.2 Å². The third-order valence-electron chi connectivity index (χ3n) is 12.5. The van der Waals surface area contributed by atoms with Crippen molar-refractivity contribution in [1.82, 2.24) is 44.6 Å². The van der Waals surface area contributed by atoms with Crippen LogP contribution in [-0.4, -0.2) is 79.8 Å². The zero-order valence-electron chi connectivity index (χ0n) is 45.3. The Morgan fingerprint density at radius 2 is 1.18 bits per heavy atom. The molecule has 23 heteroatoms. The fourth-order valence-electron chi connectivity index (χ4n) is 8.45. The first-order valence-electron chi connectivity index (χ1n) is 25.2. The van der Waals surface area contributed by atoms with Gasteiger partial charge in [0.2, 0.25) is 22.8 Å². The summed E-state index contributed by atoms with van der Waals surface area (Å²) in [7, 11) is 0. The Bertz CT molecular complexity index is 3210. The predicted octanol–water partition coefficient (Wildman–Crippen LogP) is 9.95. The SMILES string of the molecule is C.C.Cc1cc(Cc2ncc(Cl)c(CCc3ccccc3C3(C(N)=O)CC3)n2)n[nH]1.Cc1cc(N)n(C(=O)OC(C)(C)C)[nH+]1.Cc1cc(N)nn1C(=O)OC(C)(C)C.NC(=O)C1(c2ccccc2CCc2nc(Cl)ncc2Cl)CC1. The first-order chi connectivity index (χ1) is 36.6. The number of H-pyrrole nitrogens is 2. The van der Waals surface area contributed by atoms with Gasteiger partial charge in [-0.05, 0) is 151 Å². The average molecular weight is 1160 g/mol. The monoisotopic (exact) mass is 1160 g/mol. The fourth-order valence-corrected chi connectivity index (χ4v) is 8.98. The van der Waals surface area contributed by atoms with Crippen LogP contribution < -0.4 is 28.0 Å². The number of carbonyl (C=O) groups is 4. The quantitative estimate of drug-likeness (QED) is 0.0711. The van der Waals surface area contributed by atoms with Gasteiger partial charge < -0.3 is 32.4 Å². The summed E-state index contributed by atoms with van der Waals surface area (Å²) in [6, 6.07) is 21.2. The van der Waals surface area contributed by atoms with Crippen molar-refractivity contribution in [2.75, 3.05) is 11.5 Å². The van der Waals surface area contributed by atoms with Gasteiger partial charge in [0, 0.05) is 30.6 Å². The molecule has 2 aromatic carbocycles. The number of ether oxygens (including phenoxy) is 2. The average Bonchev–Trinajstić information content (AvgIpc) is 4.25. The minimum absolute atomic E-state index is 0. The lowest BCUT2D eigenvalue weighted by atomic mass is 9.88. The van der Waals surface area contributed by atoms with Crippen LogP contribution in [0.2, 0.25) is 15.3 Å². The van der Waals surface area contributed by atoms with Crippen molar-refractivity contribution in [2.45, 2.75) is 157 Å². The lowest BCUT2D eigenvalue weighted by Gasteiger charge is -2.19. The number of benzene rings is 2. The van der Waals surface area contributed by atoms with Crippen molar-refractivity contribution >= 4 is 70.4 Å². The van der Waals surface area contributed by atoms with Crippen LogP contribution in [0.5, 0.6) is 0 Å². The second kappa shape index (κ2) is 27.2. The van der Waals surface area contributed by atoms with E-state index in [0.29, 0.717) is 58.2 Å². The summed E-state index contributed by atoms with van der Waals surface area (Å²) in [4.78, 5) is 63.8. The van der Waals surface area contributed by atoms with E-state index in [9.17, 15) is 19.2 Å². The molecule has 2 aliphatic carbocycles. The van der Waals surface area contributed by atoms with Gasteiger partial charge in [-0.1, -0.05) is 86.6 Å². The summed E-state index contributed by atoms with van der Waals surface area (Å²) in [5.41, 5.74) is 29.5. The Balaban J connectivity index is 0.000000238. The molecule has 0 atom stereocenters. The summed E-state index contributed by atoms with van der Waals surface area (Å²) >= 11 is 18.3. The van der Waals surface area contributed by atoms with Crippen LogP contribution >= 0.6 is 34.8 Å². The number of primary amides is 2. The number of nitrogen functional groups attached to an aromatic ring is 2. The molecule has 7 aromatic rings. The zero-order valence-corrected chi connectivity index (χ0v) is 47.6. The predicted molar refractivity (Wildman–Crippen MR) is 311 cm³/mol. The highest BCUT2D eigenvalue weighted by Gasteiger charge is 2.51.